The number of nitrogens with zero attached hydrogens (tertiary/aromatic N) is 2. The molecule has 0 saturated heterocycles. The molecule has 2 fully saturated rings. The Kier molecular flexibility index (Phi) is 2.75. The van der Waals surface area contributed by atoms with Gasteiger partial charge >= 0.3 is 0 Å². The molecule has 2 aliphatic carbocycles. The summed E-state index contributed by atoms with van der Waals surface area (Å²) >= 11 is 1.64. The molecule has 2 N–H and O–H groups in total. The van der Waals surface area contributed by atoms with Crippen LogP contribution in [0.1, 0.15) is 13.3 Å². The highest BCUT2D eigenvalue weighted by atomic mass is 32.2. The molecule has 3 rings (SSSR count). The van der Waals surface area contributed by atoms with Gasteiger partial charge in [0.2, 0.25) is 5.95 Å². The van der Waals surface area contributed by atoms with Crippen LogP contribution in [-0.2, 0) is 0 Å². The number of nitrogens with one attached hydrogen (secondary N) is 1. The number of aromatic nitrogens is 2. The third-order valence-electron chi connectivity index (χ3n) is 4.10. The van der Waals surface area contributed by atoms with Crippen molar-refractivity contribution >= 4 is 17.7 Å². The van der Waals surface area contributed by atoms with Gasteiger partial charge in [-0.2, -0.15) is 0 Å². The second-order valence-corrected chi connectivity index (χ2v) is 5.89. The molecular formula is C12H17N3OS. The number of thioether (sulfide) groups is 1. The lowest BCUT2D eigenvalue weighted by Crippen LogP contribution is -2.24. The van der Waals surface area contributed by atoms with Crippen LogP contribution in [0.2, 0.25) is 0 Å². The lowest BCUT2D eigenvalue weighted by atomic mass is 10.1. The van der Waals surface area contributed by atoms with Crippen LogP contribution in [-0.4, -0.2) is 33.5 Å². The molecule has 0 aliphatic heterocycles. The molecule has 0 amide bonds. The number of rotatable bonds is 3. The van der Waals surface area contributed by atoms with Gasteiger partial charge in [-0.1, -0.05) is 6.92 Å². The highest BCUT2D eigenvalue weighted by Crippen LogP contribution is 2.57. The smallest absolute Gasteiger partial charge is 0.222 e. The average Bonchev–Trinajstić information content (AvgIpc) is 2.89. The van der Waals surface area contributed by atoms with Crippen molar-refractivity contribution < 1.29 is 5.11 Å². The van der Waals surface area contributed by atoms with E-state index < -0.39 is 0 Å². The fraction of sp³-hybridized carbons (Fsp3) is 0.667. The van der Waals surface area contributed by atoms with Crippen molar-refractivity contribution in [1.82, 2.24) is 9.97 Å². The molecule has 2 aliphatic rings. The molecule has 2 saturated carbocycles. The van der Waals surface area contributed by atoms with Gasteiger partial charge in [0.05, 0.1) is 6.10 Å². The number of aliphatic hydroxyl groups excluding tert-OH is 1. The molecule has 0 unspecified atom stereocenters. The Hall–Kier alpha value is -0.810. The highest BCUT2D eigenvalue weighted by molar-refractivity contribution is 7.98. The first kappa shape index (κ1) is 11.3. The van der Waals surface area contributed by atoms with E-state index in [4.69, 9.17) is 0 Å². The fourth-order valence-corrected chi connectivity index (χ4v) is 3.48. The van der Waals surface area contributed by atoms with Crippen LogP contribution in [0.4, 0.5) is 5.95 Å². The summed E-state index contributed by atoms with van der Waals surface area (Å²) in [5.41, 5.74) is 0. The van der Waals surface area contributed by atoms with Crippen LogP contribution < -0.4 is 5.32 Å². The highest BCUT2D eigenvalue weighted by Gasteiger charge is 2.60. The van der Waals surface area contributed by atoms with Crippen molar-refractivity contribution in [2.75, 3.05) is 11.6 Å². The van der Waals surface area contributed by atoms with E-state index in [1.165, 1.54) is 0 Å². The van der Waals surface area contributed by atoms with Gasteiger partial charge in [0, 0.05) is 23.3 Å². The summed E-state index contributed by atoms with van der Waals surface area (Å²) in [6.45, 7) is 2.21. The second-order valence-electron chi connectivity index (χ2n) is 5.01. The summed E-state index contributed by atoms with van der Waals surface area (Å²) in [5.74, 6) is 2.42. The van der Waals surface area contributed by atoms with Crippen LogP contribution in [0, 0.1) is 17.8 Å². The van der Waals surface area contributed by atoms with E-state index in [9.17, 15) is 5.11 Å². The molecule has 4 nitrogen and oxygen atoms in total. The molecule has 5 atom stereocenters. The van der Waals surface area contributed by atoms with Gasteiger partial charge in [-0.25, -0.2) is 9.97 Å². The molecule has 1 heterocycles. The van der Waals surface area contributed by atoms with Crippen molar-refractivity contribution in [2.24, 2.45) is 17.8 Å². The van der Waals surface area contributed by atoms with Gasteiger partial charge < -0.3 is 10.4 Å². The van der Waals surface area contributed by atoms with Crippen molar-refractivity contribution in [3.63, 3.8) is 0 Å². The predicted molar refractivity (Wildman–Crippen MR) is 68.0 cm³/mol. The Morgan fingerprint density at radius 1 is 1.35 bits per heavy atom. The van der Waals surface area contributed by atoms with E-state index in [1.807, 2.05) is 18.6 Å². The van der Waals surface area contributed by atoms with Gasteiger partial charge in [-0.15, -0.1) is 11.8 Å². The normalized spacial score (nSPS) is 38.9. The van der Waals surface area contributed by atoms with Gasteiger partial charge in [-0.3, -0.25) is 0 Å². The predicted octanol–water partition coefficient (Wildman–Crippen LogP) is 1.63. The van der Waals surface area contributed by atoms with E-state index >= 15 is 0 Å². The maximum atomic E-state index is 9.86. The Morgan fingerprint density at radius 2 is 2.06 bits per heavy atom. The first-order chi connectivity index (χ1) is 8.20. The molecule has 17 heavy (non-hydrogen) atoms. The quantitative estimate of drug-likeness (QED) is 0.800. The Balaban J connectivity index is 1.67. The van der Waals surface area contributed by atoms with E-state index in [2.05, 4.69) is 22.2 Å². The SMILES string of the molecule is CSc1cnc(N[C@@H]2C[C@H](O)[C@H]3[C@@H](C)[C@H]32)nc1. The molecule has 0 spiro atoms. The minimum atomic E-state index is -0.141. The number of hydrogen-bond donors (Lipinski definition) is 2. The van der Waals surface area contributed by atoms with Crippen molar-refractivity contribution in [3.8, 4) is 0 Å². The van der Waals surface area contributed by atoms with Crippen molar-refractivity contribution in [2.45, 2.75) is 30.4 Å². The third-order valence-corrected chi connectivity index (χ3v) is 4.78. The van der Waals surface area contributed by atoms with Crippen LogP contribution in [0.5, 0.6) is 0 Å². The summed E-state index contributed by atoms with van der Waals surface area (Å²) < 4.78 is 0. The molecule has 5 heteroatoms. The number of hydrogen-bond acceptors (Lipinski definition) is 5. The number of fused-ring (bicyclic) bond motifs is 1. The topological polar surface area (TPSA) is 58.0 Å². The summed E-state index contributed by atoms with van der Waals surface area (Å²) in [6, 6.07) is 0.338. The van der Waals surface area contributed by atoms with Crippen LogP contribution in [0.15, 0.2) is 17.3 Å². The summed E-state index contributed by atoms with van der Waals surface area (Å²) in [5, 5.41) is 13.2. The van der Waals surface area contributed by atoms with Gasteiger partial charge in [-0.05, 0) is 30.4 Å². The molecule has 1 aromatic rings. The third kappa shape index (κ3) is 1.91. The monoisotopic (exact) mass is 251 g/mol. The maximum Gasteiger partial charge on any atom is 0.222 e. The Morgan fingerprint density at radius 3 is 2.59 bits per heavy atom. The molecule has 1 aromatic heterocycles. The standard InChI is InChI=1S/C12H17N3OS/c1-6-10-8(3-9(16)11(6)10)15-12-13-4-7(17-2)5-14-12/h4-6,8-11,16H,3H2,1-2H3,(H,13,14,15)/t6-,8+,9-,10-,11+/m0/s1. The zero-order valence-electron chi connectivity index (χ0n) is 10.00. The van der Waals surface area contributed by atoms with E-state index in [1.54, 1.807) is 11.8 Å². The second kappa shape index (κ2) is 4.14. The minimum absolute atomic E-state index is 0.141. The lowest BCUT2D eigenvalue weighted by molar-refractivity contribution is 0.150. The molecular weight excluding hydrogens is 234 g/mol. The van der Waals surface area contributed by atoms with Gasteiger partial charge in [0.15, 0.2) is 0 Å². The first-order valence-corrected chi connectivity index (χ1v) is 7.24. The zero-order valence-corrected chi connectivity index (χ0v) is 10.8. The van der Waals surface area contributed by atoms with Crippen LogP contribution in [0.3, 0.4) is 0 Å². The Labute approximate surface area is 105 Å². The summed E-state index contributed by atoms with van der Waals surface area (Å²) in [7, 11) is 0. The maximum absolute atomic E-state index is 9.86. The summed E-state index contributed by atoms with van der Waals surface area (Å²) in [6.07, 6.45) is 6.36. The van der Waals surface area contributed by atoms with Crippen LogP contribution >= 0.6 is 11.8 Å². The van der Waals surface area contributed by atoms with E-state index in [0.29, 0.717) is 29.7 Å². The number of anilines is 1. The van der Waals surface area contributed by atoms with Crippen molar-refractivity contribution in [3.05, 3.63) is 12.4 Å². The van der Waals surface area contributed by atoms with Crippen LogP contribution in [0.25, 0.3) is 0 Å². The molecule has 0 bridgehead atoms. The van der Waals surface area contributed by atoms with E-state index in [-0.39, 0.29) is 6.10 Å². The van der Waals surface area contributed by atoms with Crippen molar-refractivity contribution in [1.29, 1.82) is 0 Å². The summed E-state index contributed by atoms with van der Waals surface area (Å²) in [4.78, 5) is 9.65. The van der Waals surface area contributed by atoms with Gasteiger partial charge in [0.1, 0.15) is 0 Å². The molecule has 0 aromatic carbocycles. The first-order valence-electron chi connectivity index (χ1n) is 6.01. The molecule has 0 radical (unpaired) electrons. The molecule has 92 valence electrons. The number of aliphatic hydroxyl groups is 1. The zero-order chi connectivity index (χ0) is 12.0. The Bertz CT molecular complexity index is 411. The lowest BCUT2D eigenvalue weighted by Gasteiger charge is -2.16. The fourth-order valence-electron chi connectivity index (χ4n) is 3.16. The van der Waals surface area contributed by atoms with Gasteiger partial charge in [0.25, 0.3) is 0 Å². The largest absolute Gasteiger partial charge is 0.393 e. The average molecular weight is 251 g/mol. The minimum Gasteiger partial charge on any atom is -0.393 e. The van der Waals surface area contributed by atoms with E-state index in [0.717, 1.165) is 11.3 Å².